The largest absolute Gasteiger partial charge is 0.463 e. The topological polar surface area (TPSA) is 69.4 Å². The Hall–Kier alpha value is -1.06. The van der Waals surface area contributed by atoms with Crippen molar-refractivity contribution in [1.82, 2.24) is 0 Å². The molecule has 0 spiro atoms. The van der Waals surface area contributed by atoms with Crippen molar-refractivity contribution in [2.75, 3.05) is 0 Å². The Morgan fingerprint density at radius 2 is 1.87 bits per heavy atom. The highest BCUT2D eigenvalue weighted by molar-refractivity contribution is 5.73. The molecule has 15 heavy (non-hydrogen) atoms. The van der Waals surface area contributed by atoms with Crippen molar-refractivity contribution in [2.24, 2.45) is 11.7 Å². The summed E-state index contributed by atoms with van der Waals surface area (Å²) in [5.41, 5.74) is 5.03. The van der Waals surface area contributed by atoms with E-state index < -0.39 is 0 Å². The Morgan fingerprint density at radius 3 is 2.33 bits per heavy atom. The molecule has 2 unspecified atom stereocenters. The molecule has 0 saturated heterocycles. The van der Waals surface area contributed by atoms with Gasteiger partial charge in [0.25, 0.3) is 0 Å². The number of primary amides is 1. The summed E-state index contributed by atoms with van der Waals surface area (Å²) in [7, 11) is 0. The van der Waals surface area contributed by atoms with Gasteiger partial charge in [-0.3, -0.25) is 9.59 Å². The van der Waals surface area contributed by atoms with Crippen LogP contribution in [0.15, 0.2) is 0 Å². The molecule has 4 nitrogen and oxygen atoms in total. The Balaban J connectivity index is 3.59. The number of nitrogens with two attached hydrogens (primary N) is 1. The molecule has 2 N–H and O–H groups in total. The quantitative estimate of drug-likeness (QED) is 0.518. The van der Waals surface area contributed by atoms with E-state index in [9.17, 15) is 9.59 Å². The molecule has 0 aliphatic carbocycles. The molecule has 0 heterocycles. The Bertz CT molecular complexity index is 216. The van der Waals surface area contributed by atoms with Gasteiger partial charge in [-0.15, -0.1) is 0 Å². The van der Waals surface area contributed by atoms with Crippen LogP contribution in [0.4, 0.5) is 0 Å². The van der Waals surface area contributed by atoms with E-state index in [1.165, 1.54) is 6.92 Å². The fourth-order valence-corrected chi connectivity index (χ4v) is 1.38. The third-order valence-corrected chi connectivity index (χ3v) is 2.49. The number of ether oxygens (including phenoxy) is 1. The summed E-state index contributed by atoms with van der Waals surface area (Å²) in [6.45, 7) is 5.34. The average Bonchev–Trinajstić information content (AvgIpc) is 2.10. The molecule has 0 aromatic heterocycles. The predicted octanol–water partition coefficient (Wildman–Crippen LogP) is 1.62. The Kier molecular flexibility index (Phi) is 6.75. The van der Waals surface area contributed by atoms with E-state index in [4.69, 9.17) is 10.5 Å². The fourth-order valence-electron chi connectivity index (χ4n) is 1.38. The average molecular weight is 215 g/mol. The van der Waals surface area contributed by atoms with Crippen LogP contribution in [0.3, 0.4) is 0 Å². The van der Waals surface area contributed by atoms with Gasteiger partial charge >= 0.3 is 5.97 Å². The van der Waals surface area contributed by atoms with E-state index >= 15 is 0 Å². The molecule has 0 aromatic carbocycles. The molecule has 0 aliphatic heterocycles. The maximum absolute atomic E-state index is 10.7. The van der Waals surface area contributed by atoms with Crippen LogP contribution in [0.25, 0.3) is 0 Å². The molecule has 2 atom stereocenters. The van der Waals surface area contributed by atoms with Gasteiger partial charge in [-0.1, -0.05) is 13.3 Å². The van der Waals surface area contributed by atoms with E-state index in [0.717, 1.165) is 19.3 Å². The molecule has 0 fully saturated rings. The minimum atomic E-state index is -0.254. The maximum Gasteiger partial charge on any atom is 0.302 e. The SMILES string of the molecule is CC(=O)OC(C)C(C)CCCCC(N)=O. The van der Waals surface area contributed by atoms with Gasteiger partial charge in [0.05, 0.1) is 0 Å². The summed E-state index contributed by atoms with van der Waals surface area (Å²) in [4.78, 5) is 21.2. The second kappa shape index (κ2) is 7.26. The van der Waals surface area contributed by atoms with Crippen LogP contribution in [0.5, 0.6) is 0 Å². The van der Waals surface area contributed by atoms with E-state index in [2.05, 4.69) is 0 Å². The van der Waals surface area contributed by atoms with Crippen LogP contribution in [0.1, 0.15) is 46.5 Å². The zero-order valence-corrected chi connectivity index (χ0v) is 9.79. The number of hydrogen-bond acceptors (Lipinski definition) is 3. The summed E-state index contributed by atoms with van der Waals surface area (Å²) in [5.74, 6) is -0.177. The van der Waals surface area contributed by atoms with Crippen LogP contribution < -0.4 is 5.73 Å². The lowest BCUT2D eigenvalue weighted by molar-refractivity contribution is -0.147. The third kappa shape index (κ3) is 7.97. The van der Waals surface area contributed by atoms with Crippen LogP contribution >= 0.6 is 0 Å². The zero-order valence-electron chi connectivity index (χ0n) is 9.79. The van der Waals surface area contributed by atoms with Gasteiger partial charge in [0.15, 0.2) is 0 Å². The normalized spacial score (nSPS) is 14.3. The first kappa shape index (κ1) is 13.9. The molecule has 0 bridgehead atoms. The first-order valence-electron chi connectivity index (χ1n) is 5.39. The molecule has 0 saturated carbocycles. The first-order chi connectivity index (χ1) is 6.93. The van der Waals surface area contributed by atoms with Crippen molar-refractivity contribution in [3.63, 3.8) is 0 Å². The molecule has 88 valence electrons. The maximum atomic E-state index is 10.7. The Labute approximate surface area is 91.2 Å². The molecular weight excluding hydrogens is 194 g/mol. The lowest BCUT2D eigenvalue weighted by Crippen LogP contribution is -2.20. The van der Waals surface area contributed by atoms with Gasteiger partial charge in [0.2, 0.25) is 5.91 Å². The number of unbranched alkanes of at least 4 members (excludes halogenated alkanes) is 1. The van der Waals surface area contributed by atoms with Crippen LogP contribution in [0.2, 0.25) is 0 Å². The highest BCUT2D eigenvalue weighted by Gasteiger charge is 2.14. The van der Waals surface area contributed by atoms with Gasteiger partial charge < -0.3 is 10.5 Å². The molecule has 0 aliphatic rings. The van der Waals surface area contributed by atoms with Crippen LogP contribution in [0, 0.1) is 5.92 Å². The lowest BCUT2D eigenvalue weighted by atomic mass is 9.98. The van der Waals surface area contributed by atoms with Crippen LogP contribution in [-0.2, 0) is 14.3 Å². The fraction of sp³-hybridized carbons (Fsp3) is 0.818. The highest BCUT2D eigenvalue weighted by Crippen LogP contribution is 2.15. The van der Waals surface area contributed by atoms with Gasteiger partial charge in [0, 0.05) is 13.3 Å². The number of carbonyl (C=O) groups excluding carboxylic acids is 2. The summed E-state index contributed by atoms with van der Waals surface area (Å²) in [5, 5.41) is 0. The number of esters is 1. The van der Waals surface area contributed by atoms with Gasteiger partial charge in [0.1, 0.15) is 6.10 Å². The second-order valence-corrected chi connectivity index (χ2v) is 4.00. The van der Waals surface area contributed by atoms with Crippen molar-refractivity contribution in [1.29, 1.82) is 0 Å². The molecule has 0 aromatic rings. The lowest BCUT2D eigenvalue weighted by Gasteiger charge is -2.19. The summed E-state index contributed by atoms with van der Waals surface area (Å²) >= 11 is 0. The van der Waals surface area contributed by atoms with Gasteiger partial charge in [-0.05, 0) is 25.7 Å². The smallest absolute Gasteiger partial charge is 0.302 e. The molecule has 1 amide bonds. The van der Waals surface area contributed by atoms with Crippen molar-refractivity contribution in [3.05, 3.63) is 0 Å². The van der Waals surface area contributed by atoms with Crippen molar-refractivity contribution >= 4 is 11.9 Å². The van der Waals surface area contributed by atoms with E-state index in [-0.39, 0.29) is 18.0 Å². The van der Waals surface area contributed by atoms with Crippen LogP contribution in [-0.4, -0.2) is 18.0 Å². The monoisotopic (exact) mass is 215 g/mol. The Morgan fingerprint density at radius 1 is 1.27 bits per heavy atom. The molecule has 0 rings (SSSR count). The molecular formula is C11H21NO3. The summed E-state index contributed by atoms with van der Waals surface area (Å²) in [6.07, 6.45) is 3.08. The minimum absolute atomic E-state index is 0.0592. The summed E-state index contributed by atoms with van der Waals surface area (Å²) < 4.78 is 5.06. The van der Waals surface area contributed by atoms with Crippen molar-refractivity contribution < 1.29 is 14.3 Å². The predicted molar refractivity (Wildman–Crippen MR) is 58.1 cm³/mol. The molecule has 0 radical (unpaired) electrons. The minimum Gasteiger partial charge on any atom is -0.463 e. The van der Waals surface area contributed by atoms with Gasteiger partial charge in [-0.25, -0.2) is 0 Å². The standard InChI is InChI=1S/C11H21NO3/c1-8(9(2)15-10(3)13)6-4-5-7-11(12)14/h8-9H,4-7H2,1-3H3,(H2,12,14). The van der Waals surface area contributed by atoms with E-state index in [0.29, 0.717) is 12.3 Å². The molecule has 4 heteroatoms. The van der Waals surface area contributed by atoms with E-state index in [1.54, 1.807) is 0 Å². The van der Waals surface area contributed by atoms with Crippen molar-refractivity contribution in [2.45, 2.75) is 52.6 Å². The number of rotatable bonds is 7. The first-order valence-corrected chi connectivity index (χ1v) is 5.39. The van der Waals surface area contributed by atoms with Crippen molar-refractivity contribution in [3.8, 4) is 0 Å². The zero-order chi connectivity index (χ0) is 11.8. The number of hydrogen-bond donors (Lipinski definition) is 1. The number of amides is 1. The number of carbonyl (C=O) groups is 2. The van der Waals surface area contributed by atoms with Gasteiger partial charge in [-0.2, -0.15) is 0 Å². The summed E-state index contributed by atoms with van der Waals surface area (Å²) in [6, 6.07) is 0. The highest BCUT2D eigenvalue weighted by atomic mass is 16.5. The third-order valence-electron chi connectivity index (χ3n) is 2.49. The van der Waals surface area contributed by atoms with E-state index in [1.807, 2.05) is 13.8 Å². The second-order valence-electron chi connectivity index (χ2n) is 4.00.